The molecule has 31 heavy (non-hydrogen) atoms. The molecule has 4 aromatic rings. The minimum Gasteiger partial charge on any atom is -0.497 e. The van der Waals surface area contributed by atoms with Crippen molar-refractivity contribution in [2.24, 2.45) is 5.73 Å². The van der Waals surface area contributed by atoms with Gasteiger partial charge in [0.15, 0.2) is 5.78 Å². The number of carbonyl (C=O) groups is 1. The zero-order chi connectivity index (χ0) is 21.8. The Morgan fingerprint density at radius 3 is 2.16 bits per heavy atom. The average Bonchev–Trinajstić information content (AvgIpc) is 3.21. The van der Waals surface area contributed by atoms with Crippen molar-refractivity contribution in [1.82, 2.24) is 0 Å². The van der Waals surface area contributed by atoms with Crippen LogP contribution in [-0.2, 0) is 0 Å². The van der Waals surface area contributed by atoms with Crippen LogP contribution in [0.2, 0.25) is 0 Å². The van der Waals surface area contributed by atoms with Crippen LogP contribution >= 0.6 is 11.3 Å². The van der Waals surface area contributed by atoms with E-state index in [0.29, 0.717) is 30.0 Å². The minimum absolute atomic E-state index is 0.0346. The molecule has 0 saturated carbocycles. The van der Waals surface area contributed by atoms with Crippen LogP contribution in [0, 0.1) is 0 Å². The van der Waals surface area contributed by atoms with Crippen molar-refractivity contribution in [1.29, 1.82) is 0 Å². The van der Waals surface area contributed by atoms with E-state index in [1.807, 2.05) is 42.5 Å². The molecule has 158 valence electrons. The number of benzene rings is 3. The van der Waals surface area contributed by atoms with Crippen molar-refractivity contribution < 1.29 is 19.0 Å². The van der Waals surface area contributed by atoms with Crippen LogP contribution in [-0.4, -0.2) is 33.2 Å². The van der Waals surface area contributed by atoms with E-state index in [9.17, 15) is 4.79 Å². The smallest absolute Gasteiger partial charge is 0.195 e. The molecule has 0 aliphatic heterocycles. The molecule has 0 fully saturated rings. The van der Waals surface area contributed by atoms with Gasteiger partial charge in [-0.05, 0) is 72.3 Å². The Hall–Kier alpha value is -3.35. The summed E-state index contributed by atoms with van der Waals surface area (Å²) >= 11 is 1.58. The molecule has 0 amide bonds. The largest absolute Gasteiger partial charge is 0.497 e. The van der Waals surface area contributed by atoms with Crippen molar-refractivity contribution in [2.45, 2.75) is 0 Å². The molecule has 0 atom stereocenters. The number of hydrogen-bond acceptors (Lipinski definition) is 6. The van der Waals surface area contributed by atoms with Crippen molar-refractivity contribution >= 4 is 27.2 Å². The summed E-state index contributed by atoms with van der Waals surface area (Å²) in [6.45, 7) is 0.877. The Bertz CT molecular complexity index is 1200. The third kappa shape index (κ3) is 4.26. The summed E-state index contributed by atoms with van der Waals surface area (Å²) in [5.74, 6) is 2.19. The molecule has 0 aliphatic rings. The van der Waals surface area contributed by atoms with Crippen LogP contribution < -0.4 is 19.9 Å². The van der Waals surface area contributed by atoms with Crippen molar-refractivity contribution in [3.05, 3.63) is 77.9 Å². The standard InChI is InChI=1S/C25H23NO4S/c1-28-18-7-5-17(6-8-18)25-23(21-12-11-20(29-2)15-22(21)31-25)24(27)16-3-9-19(10-4-16)30-14-13-26/h3-12,15H,13-14,26H2,1-2H3. The van der Waals surface area contributed by atoms with Gasteiger partial charge in [0.25, 0.3) is 0 Å². The number of fused-ring (bicyclic) bond motifs is 1. The molecule has 3 aromatic carbocycles. The zero-order valence-corrected chi connectivity index (χ0v) is 18.2. The van der Waals surface area contributed by atoms with Crippen molar-refractivity contribution in [3.63, 3.8) is 0 Å². The average molecular weight is 434 g/mol. The summed E-state index contributed by atoms with van der Waals surface area (Å²) in [6, 6.07) is 20.7. The molecule has 4 rings (SSSR count). The number of ketones is 1. The van der Waals surface area contributed by atoms with Gasteiger partial charge in [-0.1, -0.05) is 0 Å². The van der Waals surface area contributed by atoms with Gasteiger partial charge in [-0.25, -0.2) is 0 Å². The zero-order valence-electron chi connectivity index (χ0n) is 17.4. The molecule has 0 bridgehead atoms. The molecule has 6 heteroatoms. The SMILES string of the molecule is COc1ccc(-c2sc3cc(OC)ccc3c2C(=O)c2ccc(OCCN)cc2)cc1. The van der Waals surface area contributed by atoms with E-state index in [1.165, 1.54) is 0 Å². The second-order valence-corrected chi connectivity index (χ2v) is 7.94. The lowest BCUT2D eigenvalue weighted by Gasteiger charge is -2.08. The normalized spacial score (nSPS) is 10.8. The quantitative estimate of drug-likeness (QED) is 0.389. The van der Waals surface area contributed by atoms with E-state index in [1.54, 1.807) is 49.8 Å². The summed E-state index contributed by atoms with van der Waals surface area (Å²) < 4.78 is 17.2. The number of nitrogens with two attached hydrogens (primary N) is 1. The first-order valence-corrected chi connectivity index (χ1v) is 10.7. The summed E-state index contributed by atoms with van der Waals surface area (Å²) in [7, 11) is 3.27. The second-order valence-electron chi connectivity index (χ2n) is 6.89. The maximum Gasteiger partial charge on any atom is 0.195 e. The van der Waals surface area contributed by atoms with Gasteiger partial charge in [-0.3, -0.25) is 4.79 Å². The number of carbonyl (C=O) groups excluding carboxylic acids is 1. The Kier molecular flexibility index (Phi) is 6.21. The lowest BCUT2D eigenvalue weighted by molar-refractivity contribution is 0.104. The molecule has 1 aromatic heterocycles. The maximum atomic E-state index is 13.6. The van der Waals surface area contributed by atoms with Gasteiger partial charge in [0.05, 0.1) is 14.2 Å². The number of hydrogen-bond donors (Lipinski definition) is 1. The molecule has 0 spiro atoms. The first-order chi connectivity index (χ1) is 15.1. The van der Waals surface area contributed by atoms with Crippen LogP contribution in [0.1, 0.15) is 15.9 Å². The molecule has 0 radical (unpaired) electrons. The van der Waals surface area contributed by atoms with Gasteiger partial charge in [0.1, 0.15) is 23.9 Å². The molecule has 5 nitrogen and oxygen atoms in total. The summed E-state index contributed by atoms with van der Waals surface area (Å²) in [6.07, 6.45) is 0. The summed E-state index contributed by atoms with van der Waals surface area (Å²) in [5, 5.41) is 0.907. The third-order valence-corrected chi connectivity index (χ3v) is 6.18. The Morgan fingerprint density at radius 2 is 1.52 bits per heavy atom. The van der Waals surface area contributed by atoms with E-state index in [2.05, 4.69) is 0 Å². The van der Waals surface area contributed by atoms with Crippen LogP contribution in [0.5, 0.6) is 17.2 Å². The van der Waals surface area contributed by atoms with Crippen LogP contribution in [0.4, 0.5) is 0 Å². The predicted molar refractivity (Wildman–Crippen MR) is 125 cm³/mol. The lowest BCUT2D eigenvalue weighted by Crippen LogP contribution is -2.10. The monoisotopic (exact) mass is 433 g/mol. The van der Waals surface area contributed by atoms with Gasteiger partial charge in [-0.15, -0.1) is 11.3 Å². The molecule has 0 saturated heterocycles. The highest BCUT2D eigenvalue weighted by atomic mass is 32.1. The van der Waals surface area contributed by atoms with Crippen molar-refractivity contribution in [3.8, 4) is 27.7 Å². The molecular formula is C25H23NO4S. The Balaban J connectivity index is 1.81. The topological polar surface area (TPSA) is 70.8 Å². The number of thiophene rings is 1. The predicted octanol–water partition coefficient (Wildman–Crippen LogP) is 5.15. The number of rotatable bonds is 8. The fourth-order valence-corrected chi connectivity index (χ4v) is 4.63. The summed E-state index contributed by atoms with van der Waals surface area (Å²) in [5.41, 5.74) is 7.74. The van der Waals surface area contributed by atoms with Gasteiger partial charge in [-0.2, -0.15) is 0 Å². The van der Waals surface area contributed by atoms with E-state index in [-0.39, 0.29) is 5.78 Å². The van der Waals surface area contributed by atoms with Crippen LogP contribution in [0.25, 0.3) is 20.5 Å². The highest BCUT2D eigenvalue weighted by Crippen LogP contribution is 2.41. The fraction of sp³-hybridized carbons (Fsp3) is 0.160. The van der Waals surface area contributed by atoms with E-state index < -0.39 is 0 Å². The van der Waals surface area contributed by atoms with Gasteiger partial charge in [0, 0.05) is 32.6 Å². The third-order valence-electron chi connectivity index (χ3n) is 4.98. The van der Waals surface area contributed by atoms with Gasteiger partial charge in [0.2, 0.25) is 0 Å². The molecule has 1 heterocycles. The number of ether oxygens (including phenoxy) is 3. The van der Waals surface area contributed by atoms with E-state index in [4.69, 9.17) is 19.9 Å². The lowest BCUT2D eigenvalue weighted by atomic mass is 9.97. The maximum absolute atomic E-state index is 13.6. The first-order valence-electron chi connectivity index (χ1n) is 9.87. The van der Waals surface area contributed by atoms with Crippen LogP contribution in [0.3, 0.4) is 0 Å². The molecular weight excluding hydrogens is 410 g/mol. The second kappa shape index (κ2) is 9.20. The van der Waals surface area contributed by atoms with Crippen molar-refractivity contribution in [2.75, 3.05) is 27.4 Å². The molecule has 0 aliphatic carbocycles. The summed E-state index contributed by atoms with van der Waals surface area (Å²) in [4.78, 5) is 14.5. The van der Waals surface area contributed by atoms with E-state index in [0.717, 1.165) is 32.0 Å². The Labute approximate surface area is 185 Å². The number of methoxy groups -OCH3 is 2. The van der Waals surface area contributed by atoms with E-state index >= 15 is 0 Å². The highest BCUT2D eigenvalue weighted by molar-refractivity contribution is 7.22. The minimum atomic E-state index is -0.0346. The first kappa shape index (κ1) is 20.9. The van der Waals surface area contributed by atoms with Crippen LogP contribution in [0.15, 0.2) is 66.7 Å². The fourth-order valence-electron chi connectivity index (χ4n) is 3.40. The highest BCUT2D eigenvalue weighted by Gasteiger charge is 2.22. The molecule has 2 N–H and O–H groups in total. The van der Waals surface area contributed by atoms with Gasteiger partial charge >= 0.3 is 0 Å². The Morgan fingerprint density at radius 1 is 0.871 bits per heavy atom. The molecule has 0 unspecified atom stereocenters. The van der Waals surface area contributed by atoms with Gasteiger partial charge < -0.3 is 19.9 Å².